The van der Waals surface area contributed by atoms with E-state index in [4.69, 9.17) is 4.42 Å². The summed E-state index contributed by atoms with van der Waals surface area (Å²) in [5, 5.41) is 16.6. The Labute approximate surface area is 139 Å². The minimum Gasteiger partial charge on any atom is -0.467 e. The highest BCUT2D eigenvalue weighted by molar-refractivity contribution is 5.99. The number of aromatic nitrogens is 1. The Morgan fingerprint density at radius 2 is 2.08 bits per heavy atom. The van der Waals surface area contributed by atoms with E-state index in [2.05, 4.69) is 15.6 Å². The number of para-hydroxylation sites is 1. The summed E-state index contributed by atoms with van der Waals surface area (Å²) in [5.41, 5.74) is 1.38. The van der Waals surface area contributed by atoms with Gasteiger partial charge in [-0.1, -0.05) is 18.2 Å². The number of carbonyl (C=O) groups excluding carboxylic acids is 1. The van der Waals surface area contributed by atoms with Crippen LogP contribution in [0.1, 0.15) is 25.2 Å². The molecule has 0 spiro atoms. The van der Waals surface area contributed by atoms with Crippen LogP contribution in [0.4, 0.5) is 10.5 Å². The van der Waals surface area contributed by atoms with Crippen molar-refractivity contribution in [3.8, 4) is 0 Å². The average Bonchev–Trinajstić information content (AvgIpc) is 3.09. The Balaban J connectivity index is 1.60. The van der Waals surface area contributed by atoms with Gasteiger partial charge in [0.05, 0.1) is 17.5 Å². The number of urea groups is 1. The summed E-state index contributed by atoms with van der Waals surface area (Å²) in [7, 11) is 0. The Bertz CT molecular complexity index is 812. The molecule has 2 aromatic heterocycles. The van der Waals surface area contributed by atoms with Gasteiger partial charge in [-0.05, 0) is 31.2 Å². The third-order valence-electron chi connectivity index (χ3n) is 3.71. The second-order valence-corrected chi connectivity index (χ2v) is 5.65. The highest BCUT2D eigenvalue weighted by Crippen LogP contribution is 2.21. The zero-order valence-corrected chi connectivity index (χ0v) is 13.3. The van der Waals surface area contributed by atoms with Gasteiger partial charge in [0.1, 0.15) is 11.9 Å². The number of anilines is 1. The van der Waals surface area contributed by atoms with E-state index >= 15 is 0 Å². The number of aliphatic hydroxyl groups is 1. The Morgan fingerprint density at radius 1 is 1.25 bits per heavy atom. The van der Waals surface area contributed by atoms with Crippen molar-refractivity contribution in [3.63, 3.8) is 0 Å². The molecule has 2 unspecified atom stereocenters. The molecule has 0 saturated carbocycles. The highest BCUT2D eigenvalue weighted by Gasteiger charge is 2.16. The molecule has 6 heteroatoms. The van der Waals surface area contributed by atoms with E-state index in [1.807, 2.05) is 31.2 Å². The van der Waals surface area contributed by atoms with Crippen molar-refractivity contribution < 1.29 is 14.3 Å². The van der Waals surface area contributed by atoms with Crippen LogP contribution in [0.2, 0.25) is 0 Å². The SMILES string of the molecule is CC(CC(O)c1ccco1)NC(=O)Nc1cccc2cccnc12. The number of rotatable bonds is 5. The van der Waals surface area contributed by atoms with Crippen LogP contribution >= 0.6 is 0 Å². The van der Waals surface area contributed by atoms with Crippen LogP contribution in [0.15, 0.2) is 59.3 Å². The van der Waals surface area contributed by atoms with Crippen molar-refractivity contribution >= 4 is 22.6 Å². The van der Waals surface area contributed by atoms with Gasteiger partial charge in [-0.25, -0.2) is 4.79 Å². The van der Waals surface area contributed by atoms with Gasteiger partial charge in [-0.3, -0.25) is 4.98 Å². The molecule has 0 aliphatic heterocycles. The molecule has 3 rings (SSSR count). The van der Waals surface area contributed by atoms with Crippen LogP contribution in [0.5, 0.6) is 0 Å². The lowest BCUT2D eigenvalue weighted by Gasteiger charge is -2.17. The van der Waals surface area contributed by atoms with E-state index < -0.39 is 6.10 Å². The first-order chi connectivity index (χ1) is 11.6. The first kappa shape index (κ1) is 16.0. The van der Waals surface area contributed by atoms with Crippen LogP contribution < -0.4 is 10.6 Å². The number of pyridine rings is 1. The zero-order chi connectivity index (χ0) is 16.9. The number of carbonyl (C=O) groups is 1. The predicted octanol–water partition coefficient (Wildman–Crippen LogP) is 3.46. The smallest absolute Gasteiger partial charge is 0.319 e. The first-order valence-corrected chi connectivity index (χ1v) is 7.76. The summed E-state index contributed by atoms with van der Waals surface area (Å²) in [6.07, 6.45) is 2.80. The van der Waals surface area contributed by atoms with Crippen LogP contribution in [0.25, 0.3) is 10.9 Å². The van der Waals surface area contributed by atoms with Gasteiger partial charge in [-0.2, -0.15) is 0 Å². The van der Waals surface area contributed by atoms with Crippen LogP contribution in [0, 0.1) is 0 Å². The lowest BCUT2D eigenvalue weighted by Crippen LogP contribution is -2.37. The average molecular weight is 325 g/mol. The third-order valence-corrected chi connectivity index (χ3v) is 3.71. The largest absolute Gasteiger partial charge is 0.467 e. The van der Waals surface area contributed by atoms with Crippen molar-refractivity contribution in [1.29, 1.82) is 0 Å². The highest BCUT2D eigenvalue weighted by atomic mass is 16.4. The third kappa shape index (κ3) is 3.72. The number of aliphatic hydroxyl groups excluding tert-OH is 1. The zero-order valence-electron chi connectivity index (χ0n) is 13.3. The van der Waals surface area contributed by atoms with Crippen molar-refractivity contribution in [2.75, 3.05) is 5.32 Å². The fourth-order valence-electron chi connectivity index (χ4n) is 2.58. The van der Waals surface area contributed by atoms with E-state index in [-0.39, 0.29) is 12.1 Å². The maximum atomic E-state index is 12.2. The maximum absolute atomic E-state index is 12.2. The Hall–Kier alpha value is -2.86. The van der Waals surface area contributed by atoms with Crippen LogP contribution in [-0.4, -0.2) is 22.2 Å². The number of furan rings is 1. The standard InChI is InChI=1S/C18H19N3O3/c1-12(11-15(22)16-8-4-10-24-16)20-18(23)21-14-7-2-5-13-6-3-9-19-17(13)14/h2-10,12,15,22H,11H2,1H3,(H2,20,21,23). The molecule has 24 heavy (non-hydrogen) atoms. The molecular formula is C18H19N3O3. The molecule has 0 fully saturated rings. The van der Waals surface area contributed by atoms with Gasteiger partial charge in [0, 0.05) is 24.0 Å². The lowest BCUT2D eigenvalue weighted by molar-refractivity contribution is 0.130. The van der Waals surface area contributed by atoms with Crippen molar-refractivity contribution in [1.82, 2.24) is 10.3 Å². The Kier molecular flexibility index (Phi) is 4.77. The van der Waals surface area contributed by atoms with Crippen LogP contribution in [-0.2, 0) is 0 Å². The van der Waals surface area contributed by atoms with Gasteiger partial charge in [0.25, 0.3) is 0 Å². The van der Waals surface area contributed by atoms with Crippen molar-refractivity contribution in [2.45, 2.75) is 25.5 Å². The summed E-state index contributed by atoms with van der Waals surface area (Å²) in [5.74, 6) is 0.488. The van der Waals surface area contributed by atoms with Gasteiger partial charge in [0.15, 0.2) is 0 Å². The first-order valence-electron chi connectivity index (χ1n) is 7.76. The molecule has 6 nitrogen and oxygen atoms in total. The summed E-state index contributed by atoms with van der Waals surface area (Å²) >= 11 is 0. The number of amides is 2. The summed E-state index contributed by atoms with van der Waals surface area (Å²) < 4.78 is 5.16. The quantitative estimate of drug-likeness (QED) is 0.670. The molecule has 1 aromatic carbocycles. The number of hydrogen-bond acceptors (Lipinski definition) is 4. The number of nitrogens with zero attached hydrogens (tertiary/aromatic N) is 1. The molecule has 0 aliphatic carbocycles. The molecule has 0 saturated heterocycles. The molecule has 3 N–H and O–H groups in total. The number of nitrogens with one attached hydrogen (secondary N) is 2. The minimum atomic E-state index is -0.755. The molecule has 2 atom stereocenters. The van der Waals surface area contributed by atoms with E-state index in [1.54, 1.807) is 24.4 Å². The van der Waals surface area contributed by atoms with E-state index in [0.717, 1.165) is 10.9 Å². The lowest BCUT2D eigenvalue weighted by atomic mass is 10.1. The molecule has 0 aliphatic rings. The Morgan fingerprint density at radius 3 is 2.88 bits per heavy atom. The van der Waals surface area contributed by atoms with Gasteiger partial charge in [-0.15, -0.1) is 0 Å². The van der Waals surface area contributed by atoms with Crippen LogP contribution in [0.3, 0.4) is 0 Å². The fraction of sp³-hybridized carbons (Fsp3) is 0.222. The fourth-order valence-corrected chi connectivity index (χ4v) is 2.58. The number of benzene rings is 1. The normalized spacial score (nSPS) is 13.4. The number of hydrogen-bond donors (Lipinski definition) is 3. The van der Waals surface area contributed by atoms with Gasteiger partial charge >= 0.3 is 6.03 Å². The summed E-state index contributed by atoms with van der Waals surface area (Å²) in [4.78, 5) is 16.5. The monoisotopic (exact) mass is 325 g/mol. The van der Waals surface area contributed by atoms with E-state index in [1.165, 1.54) is 6.26 Å². The molecular weight excluding hydrogens is 306 g/mol. The van der Waals surface area contributed by atoms with Gasteiger partial charge in [0.2, 0.25) is 0 Å². The second-order valence-electron chi connectivity index (χ2n) is 5.65. The predicted molar refractivity (Wildman–Crippen MR) is 91.6 cm³/mol. The molecule has 2 heterocycles. The summed E-state index contributed by atoms with van der Waals surface area (Å²) in [6, 6.07) is 12.3. The van der Waals surface area contributed by atoms with Gasteiger partial charge < -0.3 is 20.2 Å². The second kappa shape index (κ2) is 7.14. The topological polar surface area (TPSA) is 87.4 Å². The summed E-state index contributed by atoms with van der Waals surface area (Å²) in [6.45, 7) is 1.83. The van der Waals surface area contributed by atoms with Crippen molar-refractivity contribution in [3.05, 3.63) is 60.7 Å². The molecule has 124 valence electrons. The molecule has 0 radical (unpaired) electrons. The van der Waals surface area contributed by atoms with E-state index in [0.29, 0.717) is 17.9 Å². The maximum Gasteiger partial charge on any atom is 0.319 e. The molecule has 2 amide bonds. The van der Waals surface area contributed by atoms with E-state index in [9.17, 15) is 9.90 Å². The number of fused-ring (bicyclic) bond motifs is 1. The van der Waals surface area contributed by atoms with Crippen molar-refractivity contribution in [2.24, 2.45) is 0 Å². The molecule has 3 aromatic rings. The minimum absolute atomic E-state index is 0.229. The molecule has 0 bridgehead atoms.